The van der Waals surface area contributed by atoms with Crippen LogP contribution in [0, 0.1) is 0 Å². The summed E-state index contributed by atoms with van der Waals surface area (Å²) < 4.78 is 32.0. The van der Waals surface area contributed by atoms with Gasteiger partial charge in [0.15, 0.2) is 0 Å². The van der Waals surface area contributed by atoms with Gasteiger partial charge in [0, 0.05) is 23.7 Å². The summed E-state index contributed by atoms with van der Waals surface area (Å²) in [5, 5.41) is 11.6. The van der Waals surface area contributed by atoms with E-state index >= 15 is 0 Å². The number of hydrogen-bond donors (Lipinski definition) is 1. The predicted octanol–water partition coefficient (Wildman–Crippen LogP) is 5.72. The third-order valence-corrected chi connectivity index (χ3v) is 5.88. The molecule has 0 saturated carbocycles. The fourth-order valence-electron chi connectivity index (χ4n) is 3.81. The maximum absolute atomic E-state index is 13.4. The SMILES string of the molecule is COc1ccc(C(CCCN2CCC(O)(c3ccc(Cl)cc3)CC2)=C(F)F)cc1. The van der Waals surface area contributed by atoms with E-state index in [1.54, 1.807) is 43.5 Å². The van der Waals surface area contributed by atoms with Gasteiger partial charge >= 0.3 is 0 Å². The Kier molecular flexibility index (Phi) is 7.28. The Morgan fingerprint density at radius 2 is 1.69 bits per heavy atom. The van der Waals surface area contributed by atoms with Crippen LogP contribution in [0.1, 0.15) is 36.8 Å². The number of halogens is 3. The number of hydrogen-bond acceptors (Lipinski definition) is 3. The fourth-order valence-corrected chi connectivity index (χ4v) is 3.94. The molecule has 1 heterocycles. The first-order valence-corrected chi connectivity index (χ1v) is 10.2. The zero-order chi connectivity index (χ0) is 20.9. The van der Waals surface area contributed by atoms with Crippen LogP contribution in [0.5, 0.6) is 5.75 Å². The molecule has 0 atom stereocenters. The highest BCUT2D eigenvalue weighted by atomic mass is 35.5. The average Bonchev–Trinajstić information content (AvgIpc) is 2.73. The number of methoxy groups -OCH3 is 1. The van der Waals surface area contributed by atoms with Gasteiger partial charge in [-0.3, -0.25) is 0 Å². The molecule has 2 aromatic rings. The first-order valence-electron chi connectivity index (χ1n) is 9.81. The first kappa shape index (κ1) is 21.8. The van der Waals surface area contributed by atoms with Crippen molar-refractivity contribution in [2.75, 3.05) is 26.7 Å². The molecular formula is C23H26ClF2NO2. The molecule has 1 aliphatic heterocycles. The van der Waals surface area contributed by atoms with E-state index in [2.05, 4.69) is 4.90 Å². The number of benzene rings is 2. The molecule has 1 fully saturated rings. The maximum Gasteiger partial charge on any atom is 0.274 e. The Labute approximate surface area is 175 Å². The van der Waals surface area contributed by atoms with Crippen molar-refractivity contribution in [2.45, 2.75) is 31.3 Å². The molecule has 3 nitrogen and oxygen atoms in total. The minimum Gasteiger partial charge on any atom is -0.497 e. The van der Waals surface area contributed by atoms with Gasteiger partial charge in [-0.25, -0.2) is 0 Å². The summed E-state index contributed by atoms with van der Waals surface area (Å²) in [6.07, 6.45) is 0.552. The smallest absolute Gasteiger partial charge is 0.274 e. The topological polar surface area (TPSA) is 32.7 Å². The van der Waals surface area contributed by atoms with E-state index in [-0.39, 0.29) is 5.57 Å². The standard InChI is InChI=1S/C23H26ClF2NO2/c1-29-20-10-4-17(5-11-20)21(22(25)26)3-2-14-27-15-12-23(28,13-16-27)18-6-8-19(24)9-7-18/h4-11,28H,2-3,12-16H2,1H3. The molecule has 2 aromatic carbocycles. The van der Waals surface area contributed by atoms with Crippen LogP contribution in [-0.2, 0) is 5.60 Å². The number of piperidine rings is 1. The lowest BCUT2D eigenvalue weighted by molar-refractivity contribution is -0.0259. The van der Waals surface area contributed by atoms with Crippen molar-refractivity contribution >= 4 is 17.2 Å². The Balaban J connectivity index is 1.51. The molecule has 0 aromatic heterocycles. The average molecular weight is 422 g/mol. The van der Waals surface area contributed by atoms with Crippen molar-refractivity contribution < 1.29 is 18.6 Å². The lowest BCUT2D eigenvalue weighted by Gasteiger charge is -2.38. The van der Waals surface area contributed by atoms with E-state index in [1.807, 2.05) is 12.1 Å². The minimum atomic E-state index is -1.63. The number of likely N-dealkylation sites (tertiary alicyclic amines) is 1. The molecular weight excluding hydrogens is 396 g/mol. The molecule has 6 heteroatoms. The van der Waals surface area contributed by atoms with Crippen LogP contribution in [0.4, 0.5) is 8.78 Å². The summed E-state index contributed by atoms with van der Waals surface area (Å²) in [4.78, 5) is 2.23. The van der Waals surface area contributed by atoms with Gasteiger partial charge in [-0.15, -0.1) is 0 Å². The van der Waals surface area contributed by atoms with Gasteiger partial charge in [-0.2, -0.15) is 8.78 Å². The number of nitrogens with zero attached hydrogens (tertiary/aromatic N) is 1. The van der Waals surface area contributed by atoms with Gasteiger partial charge in [-0.05, 0) is 67.6 Å². The van der Waals surface area contributed by atoms with Crippen molar-refractivity contribution in [2.24, 2.45) is 0 Å². The van der Waals surface area contributed by atoms with E-state index < -0.39 is 11.7 Å². The molecule has 0 bridgehead atoms. The van der Waals surface area contributed by atoms with Crippen LogP contribution in [0.15, 0.2) is 54.6 Å². The molecule has 1 aliphatic rings. The fraction of sp³-hybridized carbons (Fsp3) is 0.391. The quantitative estimate of drug-likeness (QED) is 0.620. The van der Waals surface area contributed by atoms with Crippen molar-refractivity contribution in [1.82, 2.24) is 4.90 Å². The molecule has 3 rings (SSSR count). The van der Waals surface area contributed by atoms with Gasteiger partial charge in [0.05, 0.1) is 12.7 Å². The molecule has 156 valence electrons. The van der Waals surface area contributed by atoms with Crippen LogP contribution in [0.3, 0.4) is 0 Å². The molecule has 0 radical (unpaired) electrons. The molecule has 29 heavy (non-hydrogen) atoms. The normalized spacial score (nSPS) is 16.4. The molecule has 1 N–H and O–H groups in total. The van der Waals surface area contributed by atoms with Gasteiger partial charge < -0.3 is 14.7 Å². The molecule has 0 unspecified atom stereocenters. The third kappa shape index (κ3) is 5.56. The second-order valence-corrected chi connectivity index (χ2v) is 7.89. The molecule has 0 aliphatic carbocycles. The second kappa shape index (κ2) is 9.70. The monoisotopic (exact) mass is 421 g/mol. The van der Waals surface area contributed by atoms with E-state index in [4.69, 9.17) is 16.3 Å². The summed E-state index contributed by atoms with van der Waals surface area (Å²) in [5.74, 6) is 0.647. The Hall–Kier alpha value is -1.95. The van der Waals surface area contributed by atoms with Crippen molar-refractivity contribution in [3.05, 3.63) is 70.8 Å². The molecule has 0 amide bonds. The maximum atomic E-state index is 13.4. The lowest BCUT2D eigenvalue weighted by Crippen LogP contribution is -2.42. The van der Waals surface area contributed by atoms with Crippen LogP contribution in [0.2, 0.25) is 5.02 Å². The minimum absolute atomic E-state index is 0.0855. The van der Waals surface area contributed by atoms with Crippen LogP contribution in [-0.4, -0.2) is 36.8 Å². The third-order valence-electron chi connectivity index (χ3n) is 5.63. The van der Waals surface area contributed by atoms with Crippen molar-refractivity contribution in [3.63, 3.8) is 0 Å². The second-order valence-electron chi connectivity index (χ2n) is 7.45. The largest absolute Gasteiger partial charge is 0.497 e. The number of aliphatic hydroxyl groups is 1. The summed E-state index contributed by atoms with van der Waals surface area (Å²) in [5.41, 5.74) is 0.648. The van der Waals surface area contributed by atoms with Crippen molar-refractivity contribution in [3.8, 4) is 5.75 Å². The van der Waals surface area contributed by atoms with E-state index in [0.717, 1.165) is 25.2 Å². The van der Waals surface area contributed by atoms with Crippen LogP contribution >= 0.6 is 11.6 Å². The highest BCUT2D eigenvalue weighted by Gasteiger charge is 2.33. The summed E-state index contributed by atoms with van der Waals surface area (Å²) >= 11 is 5.93. The zero-order valence-electron chi connectivity index (χ0n) is 16.5. The number of rotatable bonds is 7. The van der Waals surface area contributed by atoms with Crippen LogP contribution < -0.4 is 4.74 Å². The zero-order valence-corrected chi connectivity index (χ0v) is 17.3. The number of allylic oxidation sites excluding steroid dienone is 1. The first-order chi connectivity index (χ1) is 13.9. The lowest BCUT2D eigenvalue weighted by atomic mass is 9.84. The Bertz CT molecular complexity index is 825. The Morgan fingerprint density at radius 1 is 1.07 bits per heavy atom. The van der Waals surface area contributed by atoms with E-state index in [0.29, 0.717) is 42.0 Å². The van der Waals surface area contributed by atoms with Crippen LogP contribution in [0.25, 0.3) is 5.57 Å². The summed E-state index contributed by atoms with van der Waals surface area (Å²) in [7, 11) is 1.55. The number of ether oxygens (including phenoxy) is 1. The van der Waals surface area contributed by atoms with Gasteiger partial charge in [0.1, 0.15) is 5.75 Å². The summed E-state index contributed by atoms with van der Waals surface area (Å²) in [6.45, 7) is 2.20. The van der Waals surface area contributed by atoms with Gasteiger partial charge in [0.2, 0.25) is 0 Å². The van der Waals surface area contributed by atoms with Crippen molar-refractivity contribution in [1.29, 1.82) is 0 Å². The van der Waals surface area contributed by atoms with Gasteiger partial charge in [0.25, 0.3) is 6.08 Å². The Morgan fingerprint density at radius 3 is 2.24 bits per heavy atom. The van der Waals surface area contributed by atoms with E-state index in [1.165, 1.54) is 0 Å². The summed E-state index contributed by atoms with van der Waals surface area (Å²) in [6, 6.07) is 14.0. The predicted molar refractivity (Wildman–Crippen MR) is 112 cm³/mol. The molecule has 0 spiro atoms. The highest BCUT2D eigenvalue weighted by molar-refractivity contribution is 6.30. The van der Waals surface area contributed by atoms with E-state index in [9.17, 15) is 13.9 Å². The molecule has 1 saturated heterocycles. The highest BCUT2D eigenvalue weighted by Crippen LogP contribution is 2.34. The van der Waals surface area contributed by atoms with Gasteiger partial charge in [-0.1, -0.05) is 35.9 Å².